The Labute approximate surface area is 126 Å². The van der Waals surface area contributed by atoms with Gasteiger partial charge in [-0.3, -0.25) is 4.90 Å². The SMILES string of the molecule is CCC(CC)N(CC(C)C)CC1(C=O)CCC(C)CC1. The Hall–Kier alpha value is -0.370. The van der Waals surface area contributed by atoms with E-state index in [1.807, 2.05) is 0 Å². The molecule has 1 rings (SSSR count). The third-order valence-electron chi connectivity index (χ3n) is 5.10. The number of carbonyl (C=O) groups excluding carboxylic acids is 1. The average molecular weight is 281 g/mol. The molecule has 1 aliphatic rings. The minimum absolute atomic E-state index is 0.0655. The summed E-state index contributed by atoms with van der Waals surface area (Å²) in [5.74, 6) is 1.47. The molecule has 0 bridgehead atoms. The van der Waals surface area contributed by atoms with Gasteiger partial charge >= 0.3 is 0 Å². The number of aldehydes is 1. The van der Waals surface area contributed by atoms with E-state index >= 15 is 0 Å². The van der Waals surface area contributed by atoms with Crippen LogP contribution in [0.25, 0.3) is 0 Å². The standard InChI is InChI=1S/C18H35NO/c1-6-17(7-2)19(12-15(3)4)13-18(14-20)10-8-16(5)9-11-18/h14-17H,6-13H2,1-5H3. The second-order valence-corrected chi connectivity index (χ2v) is 7.46. The summed E-state index contributed by atoms with van der Waals surface area (Å²) in [5, 5.41) is 0. The molecule has 2 heteroatoms. The van der Waals surface area contributed by atoms with Crippen LogP contribution in [0.3, 0.4) is 0 Å². The molecule has 1 fully saturated rings. The smallest absolute Gasteiger partial charge is 0.127 e. The van der Waals surface area contributed by atoms with Crippen LogP contribution >= 0.6 is 0 Å². The average Bonchev–Trinajstić information content (AvgIpc) is 2.42. The molecule has 0 N–H and O–H groups in total. The van der Waals surface area contributed by atoms with Crippen molar-refractivity contribution in [1.82, 2.24) is 4.90 Å². The van der Waals surface area contributed by atoms with Crippen molar-refractivity contribution in [2.45, 2.75) is 79.2 Å². The van der Waals surface area contributed by atoms with Crippen LogP contribution in [0.5, 0.6) is 0 Å². The van der Waals surface area contributed by atoms with E-state index in [1.54, 1.807) is 0 Å². The lowest BCUT2D eigenvalue weighted by molar-refractivity contribution is -0.120. The Morgan fingerprint density at radius 3 is 2.15 bits per heavy atom. The summed E-state index contributed by atoms with van der Waals surface area (Å²) in [4.78, 5) is 14.4. The van der Waals surface area contributed by atoms with E-state index in [2.05, 4.69) is 39.5 Å². The number of nitrogens with zero attached hydrogens (tertiary/aromatic N) is 1. The highest BCUT2D eigenvalue weighted by Gasteiger charge is 2.36. The van der Waals surface area contributed by atoms with Gasteiger partial charge in [0.1, 0.15) is 6.29 Å². The number of carbonyl (C=O) groups is 1. The molecule has 118 valence electrons. The van der Waals surface area contributed by atoms with Crippen LogP contribution in [0.15, 0.2) is 0 Å². The summed E-state index contributed by atoms with van der Waals surface area (Å²) in [6.07, 6.45) is 8.28. The van der Waals surface area contributed by atoms with Crippen molar-refractivity contribution in [2.75, 3.05) is 13.1 Å². The molecular weight excluding hydrogens is 246 g/mol. The normalized spacial score (nSPS) is 27.5. The molecule has 0 amide bonds. The van der Waals surface area contributed by atoms with Gasteiger partial charge in [0.2, 0.25) is 0 Å². The van der Waals surface area contributed by atoms with Crippen molar-refractivity contribution in [1.29, 1.82) is 0 Å². The first kappa shape index (κ1) is 17.7. The molecule has 1 aliphatic carbocycles. The predicted molar refractivity (Wildman–Crippen MR) is 86.9 cm³/mol. The van der Waals surface area contributed by atoms with Gasteiger partial charge in [-0.25, -0.2) is 0 Å². The van der Waals surface area contributed by atoms with E-state index < -0.39 is 0 Å². The van der Waals surface area contributed by atoms with Crippen LogP contribution in [0, 0.1) is 17.3 Å². The monoisotopic (exact) mass is 281 g/mol. The van der Waals surface area contributed by atoms with E-state index in [0.717, 1.165) is 31.8 Å². The zero-order chi connectivity index (χ0) is 15.2. The summed E-state index contributed by atoms with van der Waals surface area (Å²) in [6.45, 7) is 13.5. The van der Waals surface area contributed by atoms with Crippen molar-refractivity contribution in [3.05, 3.63) is 0 Å². The van der Waals surface area contributed by atoms with Gasteiger partial charge in [-0.1, -0.05) is 34.6 Å². The Balaban J connectivity index is 2.77. The fourth-order valence-corrected chi connectivity index (χ4v) is 3.67. The molecule has 20 heavy (non-hydrogen) atoms. The second-order valence-electron chi connectivity index (χ2n) is 7.46. The van der Waals surface area contributed by atoms with Crippen LogP contribution < -0.4 is 0 Å². The van der Waals surface area contributed by atoms with E-state index in [1.165, 1.54) is 32.0 Å². The first-order valence-corrected chi connectivity index (χ1v) is 8.66. The summed E-state index contributed by atoms with van der Waals surface area (Å²) in [5.41, 5.74) is -0.0655. The van der Waals surface area contributed by atoms with Crippen molar-refractivity contribution < 1.29 is 4.79 Å². The Morgan fingerprint density at radius 1 is 1.20 bits per heavy atom. The first-order valence-electron chi connectivity index (χ1n) is 8.66. The maximum Gasteiger partial charge on any atom is 0.127 e. The highest BCUT2D eigenvalue weighted by atomic mass is 16.1. The molecule has 1 saturated carbocycles. The molecule has 0 heterocycles. The fourth-order valence-electron chi connectivity index (χ4n) is 3.67. The number of rotatable bonds is 8. The van der Waals surface area contributed by atoms with Crippen LogP contribution in [-0.4, -0.2) is 30.3 Å². The molecule has 0 aromatic carbocycles. The maximum absolute atomic E-state index is 11.8. The lowest BCUT2D eigenvalue weighted by Gasteiger charge is -2.42. The predicted octanol–water partition coefficient (Wildman–Crippen LogP) is 4.53. The molecule has 2 nitrogen and oxygen atoms in total. The van der Waals surface area contributed by atoms with E-state index in [-0.39, 0.29) is 5.41 Å². The Morgan fingerprint density at radius 2 is 1.75 bits per heavy atom. The zero-order valence-corrected chi connectivity index (χ0v) is 14.3. The third-order valence-corrected chi connectivity index (χ3v) is 5.10. The molecule has 0 aromatic rings. The van der Waals surface area contributed by atoms with Gasteiger partial charge in [-0.05, 0) is 50.4 Å². The quantitative estimate of drug-likeness (QED) is 0.609. The van der Waals surface area contributed by atoms with Gasteiger partial charge in [0.05, 0.1) is 0 Å². The van der Waals surface area contributed by atoms with Gasteiger partial charge in [0.25, 0.3) is 0 Å². The second kappa shape index (κ2) is 8.17. The van der Waals surface area contributed by atoms with Crippen LogP contribution in [0.1, 0.15) is 73.1 Å². The summed E-state index contributed by atoms with van der Waals surface area (Å²) >= 11 is 0. The van der Waals surface area contributed by atoms with E-state index in [4.69, 9.17) is 0 Å². The van der Waals surface area contributed by atoms with Gasteiger partial charge < -0.3 is 4.79 Å². The van der Waals surface area contributed by atoms with Crippen LogP contribution in [-0.2, 0) is 4.79 Å². The molecule has 0 saturated heterocycles. The summed E-state index contributed by atoms with van der Waals surface area (Å²) in [6, 6.07) is 0.633. The number of hydrogen-bond donors (Lipinski definition) is 0. The minimum Gasteiger partial charge on any atom is -0.303 e. The first-order chi connectivity index (χ1) is 9.46. The number of hydrogen-bond acceptors (Lipinski definition) is 2. The minimum atomic E-state index is -0.0655. The highest BCUT2D eigenvalue weighted by molar-refractivity contribution is 5.60. The molecule has 0 atom stereocenters. The third kappa shape index (κ3) is 4.87. The van der Waals surface area contributed by atoms with E-state index in [9.17, 15) is 4.79 Å². The van der Waals surface area contributed by atoms with Gasteiger partial charge in [0.15, 0.2) is 0 Å². The molecule has 0 spiro atoms. The fraction of sp³-hybridized carbons (Fsp3) is 0.944. The zero-order valence-electron chi connectivity index (χ0n) is 14.3. The Bertz CT molecular complexity index is 275. The summed E-state index contributed by atoms with van der Waals surface area (Å²) in [7, 11) is 0. The van der Waals surface area contributed by atoms with Gasteiger partial charge in [0, 0.05) is 24.5 Å². The lowest BCUT2D eigenvalue weighted by atomic mass is 9.71. The molecule has 0 aliphatic heterocycles. The molecule has 0 radical (unpaired) electrons. The lowest BCUT2D eigenvalue weighted by Crippen LogP contribution is -2.47. The van der Waals surface area contributed by atoms with Crippen molar-refractivity contribution in [3.8, 4) is 0 Å². The van der Waals surface area contributed by atoms with Crippen molar-refractivity contribution in [3.63, 3.8) is 0 Å². The topological polar surface area (TPSA) is 20.3 Å². The molecule has 0 aromatic heterocycles. The molecule has 0 unspecified atom stereocenters. The maximum atomic E-state index is 11.8. The van der Waals surface area contributed by atoms with Gasteiger partial charge in [-0.2, -0.15) is 0 Å². The van der Waals surface area contributed by atoms with Crippen LogP contribution in [0.4, 0.5) is 0 Å². The van der Waals surface area contributed by atoms with E-state index in [0.29, 0.717) is 12.0 Å². The van der Waals surface area contributed by atoms with Gasteiger partial charge in [-0.15, -0.1) is 0 Å². The highest BCUT2D eigenvalue weighted by Crippen LogP contribution is 2.38. The van der Waals surface area contributed by atoms with Crippen molar-refractivity contribution >= 4 is 6.29 Å². The largest absolute Gasteiger partial charge is 0.303 e. The Kier molecular flexibility index (Phi) is 7.22. The molecular formula is C18H35NO. The van der Waals surface area contributed by atoms with Crippen molar-refractivity contribution in [2.24, 2.45) is 17.3 Å². The summed E-state index contributed by atoms with van der Waals surface area (Å²) < 4.78 is 0. The van der Waals surface area contributed by atoms with Crippen LogP contribution in [0.2, 0.25) is 0 Å².